The molecule has 1 aliphatic carbocycles. The Morgan fingerprint density at radius 2 is 2.06 bits per heavy atom. The van der Waals surface area contributed by atoms with E-state index in [-0.39, 0.29) is 17.6 Å². The highest BCUT2D eigenvalue weighted by molar-refractivity contribution is 7.80. The summed E-state index contributed by atoms with van der Waals surface area (Å²) in [5.74, 6) is -0.563. The Hall–Kier alpha value is -1.17. The average molecular weight is 271 g/mol. The molecule has 0 unspecified atom stereocenters. The number of carbonyl (C=O) groups is 2. The number of carbonyl (C=O) groups excluding carboxylic acids is 2. The van der Waals surface area contributed by atoms with Crippen molar-refractivity contribution in [2.75, 3.05) is 13.1 Å². The first-order chi connectivity index (χ1) is 8.41. The van der Waals surface area contributed by atoms with Crippen molar-refractivity contribution in [3.8, 4) is 0 Å². The van der Waals surface area contributed by atoms with E-state index in [0.29, 0.717) is 12.5 Å². The maximum Gasteiger partial charge on any atom is 0.312 e. The lowest BCUT2D eigenvalue weighted by Crippen LogP contribution is -2.46. The van der Waals surface area contributed by atoms with Gasteiger partial charge < -0.3 is 16.0 Å². The molecule has 18 heavy (non-hydrogen) atoms. The van der Waals surface area contributed by atoms with Crippen LogP contribution in [-0.4, -0.2) is 40.8 Å². The largest absolute Gasteiger partial charge is 0.392 e. The zero-order valence-electron chi connectivity index (χ0n) is 10.9. The second-order valence-corrected chi connectivity index (χ2v) is 5.59. The molecule has 0 aromatic rings. The molecule has 0 spiro atoms. The summed E-state index contributed by atoms with van der Waals surface area (Å²) in [7, 11) is 0. The van der Waals surface area contributed by atoms with Crippen molar-refractivity contribution < 1.29 is 9.59 Å². The van der Waals surface area contributed by atoms with E-state index in [9.17, 15) is 9.59 Å². The molecule has 0 heterocycles. The molecule has 0 aromatic carbocycles. The SMILES string of the molecule is CC(C)CCN(C(=O)C(=O)NCC(N)=S)C1CC1. The number of hydrogen-bond acceptors (Lipinski definition) is 3. The lowest BCUT2D eigenvalue weighted by molar-refractivity contribution is -0.146. The van der Waals surface area contributed by atoms with Crippen molar-refractivity contribution in [1.82, 2.24) is 10.2 Å². The Labute approximate surface area is 113 Å². The quantitative estimate of drug-likeness (QED) is 0.542. The van der Waals surface area contributed by atoms with Crippen LogP contribution in [0.4, 0.5) is 0 Å². The summed E-state index contributed by atoms with van der Waals surface area (Å²) in [6, 6.07) is 0.242. The van der Waals surface area contributed by atoms with Crippen molar-refractivity contribution in [2.24, 2.45) is 11.7 Å². The zero-order valence-corrected chi connectivity index (χ0v) is 11.8. The molecule has 0 aliphatic heterocycles. The zero-order chi connectivity index (χ0) is 13.7. The van der Waals surface area contributed by atoms with Gasteiger partial charge in [-0.25, -0.2) is 0 Å². The van der Waals surface area contributed by atoms with Gasteiger partial charge in [0.15, 0.2) is 0 Å². The standard InChI is InChI=1S/C12H21N3O2S/c1-8(2)5-6-15(9-3-4-9)12(17)11(16)14-7-10(13)18/h8-9H,3-7H2,1-2H3,(H2,13,18)(H,14,16). The van der Waals surface area contributed by atoms with Gasteiger partial charge >= 0.3 is 11.8 Å². The van der Waals surface area contributed by atoms with Gasteiger partial charge in [0.2, 0.25) is 0 Å². The number of nitrogens with zero attached hydrogens (tertiary/aromatic N) is 1. The van der Waals surface area contributed by atoms with Crippen molar-refractivity contribution in [3.63, 3.8) is 0 Å². The lowest BCUT2D eigenvalue weighted by Gasteiger charge is -2.22. The minimum atomic E-state index is -0.613. The molecule has 102 valence electrons. The van der Waals surface area contributed by atoms with Crippen LogP contribution < -0.4 is 11.1 Å². The van der Waals surface area contributed by atoms with Gasteiger partial charge in [-0.15, -0.1) is 0 Å². The van der Waals surface area contributed by atoms with Crippen LogP contribution in [0, 0.1) is 5.92 Å². The van der Waals surface area contributed by atoms with Gasteiger partial charge in [-0.05, 0) is 25.2 Å². The maximum absolute atomic E-state index is 12.0. The highest BCUT2D eigenvalue weighted by atomic mass is 32.1. The maximum atomic E-state index is 12.0. The molecule has 0 saturated heterocycles. The average Bonchev–Trinajstić information content (AvgIpc) is 3.09. The Balaban J connectivity index is 2.48. The van der Waals surface area contributed by atoms with Gasteiger partial charge in [-0.3, -0.25) is 9.59 Å². The predicted molar refractivity (Wildman–Crippen MR) is 74.0 cm³/mol. The molecule has 6 heteroatoms. The summed E-state index contributed by atoms with van der Waals surface area (Å²) in [5, 5.41) is 2.44. The molecule has 1 fully saturated rings. The van der Waals surface area contributed by atoms with E-state index in [1.807, 2.05) is 0 Å². The summed E-state index contributed by atoms with van der Waals surface area (Å²) in [5.41, 5.74) is 5.28. The first-order valence-corrected chi connectivity index (χ1v) is 6.69. The van der Waals surface area contributed by atoms with Crippen LogP contribution in [0.2, 0.25) is 0 Å². The Bertz CT molecular complexity index is 340. The van der Waals surface area contributed by atoms with Gasteiger partial charge in [-0.2, -0.15) is 0 Å². The first-order valence-electron chi connectivity index (χ1n) is 6.29. The van der Waals surface area contributed by atoms with E-state index in [0.717, 1.165) is 19.3 Å². The van der Waals surface area contributed by atoms with Gasteiger partial charge in [0.1, 0.15) is 0 Å². The van der Waals surface area contributed by atoms with Crippen LogP contribution in [0.25, 0.3) is 0 Å². The minimum Gasteiger partial charge on any atom is -0.392 e. The second kappa shape index (κ2) is 6.68. The smallest absolute Gasteiger partial charge is 0.312 e. The normalized spacial score (nSPS) is 14.4. The predicted octanol–water partition coefficient (Wildman–Crippen LogP) is 0.426. The molecule has 0 radical (unpaired) electrons. The lowest BCUT2D eigenvalue weighted by atomic mass is 10.1. The molecular weight excluding hydrogens is 250 g/mol. The third kappa shape index (κ3) is 5.00. The van der Waals surface area contributed by atoms with Crippen LogP contribution in [-0.2, 0) is 9.59 Å². The molecule has 2 amide bonds. The highest BCUT2D eigenvalue weighted by Crippen LogP contribution is 2.27. The van der Waals surface area contributed by atoms with Crippen LogP contribution in [0.5, 0.6) is 0 Å². The van der Waals surface area contributed by atoms with Crippen molar-refractivity contribution >= 4 is 29.0 Å². The summed E-state index contributed by atoms with van der Waals surface area (Å²) >= 11 is 4.65. The molecule has 1 rings (SSSR count). The second-order valence-electron chi connectivity index (χ2n) is 5.06. The molecule has 1 saturated carbocycles. The third-order valence-electron chi connectivity index (χ3n) is 2.81. The Morgan fingerprint density at radius 1 is 1.44 bits per heavy atom. The van der Waals surface area contributed by atoms with Crippen LogP contribution >= 0.6 is 12.2 Å². The van der Waals surface area contributed by atoms with E-state index in [1.54, 1.807) is 4.90 Å². The van der Waals surface area contributed by atoms with Crippen molar-refractivity contribution in [3.05, 3.63) is 0 Å². The van der Waals surface area contributed by atoms with Gasteiger partial charge in [0.05, 0.1) is 11.5 Å². The van der Waals surface area contributed by atoms with Gasteiger partial charge in [-0.1, -0.05) is 26.1 Å². The summed E-state index contributed by atoms with van der Waals surface area (Å²) < 4.78 is 0. The number of thiocarbonyl (C=S) groups is 1. The molecule has 0 atom stereocenters. The summed E-state index contributed by atoms with van der Waals surface area (Å²) in [6.07, 6.45) is 2.89. The Kier molecular flexibility index (Phi) is 5.53. The molecule has 3 N–H and O–H groups in total. The minimum absolute atomic E-state index is 0.0720. The topological polar surface area (TPSA) is 75.4 Å². The number of nitrogens with one attached hydrogen (secondary N) is 1. The molecule has 5 nitrogen and oxygen atoms in total. The number of rotatable bonds is 6. The van der Waals surface area contributed by atoms with Crippen LogP contribution in [0.1, 0.15) is 33.1 Å². The Morgan fingerprint density at radius 3 is 2.50 bits per heavy atom. The number of nitrogens with two attached hydrogens (primary N) is 1. The molecular formula is C12H21N3O2S. The summed E-state index contributed by atoms with van der Waals surface area (Å²) in [6.45, 7) is 4.91. The molecule has 1 aliphatic rings. The summed E-state index contributed by atoms with van der Waals surface area (Å²) in [4.78, 5) is 25.5. The van der Waals surface area contributed by atoms with Crippen LogP contribution in [0.15, 0.2) is 0 Å². The van der Waals surface area contributed by atoms with E-state index in [1.165, 1.54) is 0 Å². The number of hydrogen-bond donors (Lipinski definition) is 2. The monoisotopic (exact) mass is 271 g/mol. The number of amides is 2. The van der Waals surface area contributed by atoms with E-state index in [2.05, 4.69) is 31.4 Å². The van der Waals surface area contributed by atoms with E-state index < -0.39 is 11.8 Å². The fraction of sp³-hybridized carbons (Fsp3) is 0.750. The van der Waals surface area contributed by atoms with Crippen molar-refractivity contribution in [2.45, 2.75) is 39.2 Å². The fourth-order valence-corrected chi connectivity index (χ4v) is 1.68. The highest BCUT2D eigenvalue weighted by Gasteiger charge is 2.35. The van der Waals surface area contributed by atoms with E-state index in [4.69, 9.17) is 5.73 Å². The molecule has 0 bridgehead atoms. The first kappa shape index (κ1) is 14.9. The molecule has 0 aromatic heterocycles. The third-order valence-corrected chi connectivity index (χ3v) is 2.96. The fourth-order valence-electron chi connectivity index (χ4n) is 1.61. The van der Waals surface area contributed by atoms with Crippen LogP contribution in [0.3, 0.4) is 0 Å². The van der Waals surface area contributed by atoms with Crippen molar-refractivity contribution in [1.29, 1.82) is 0 Å². The van der Waals surface area contributed by atoms with Gasteiger partial charge in [0, 0.05) is 12.6 Å². The van der Waals surface area contributed by atoms with Gasteiger partial charge in [0.25, 0.3) is 0 Å². The van der Waals surface area contributed by atoms with E-state index >= 15 is 0 Å².